The van der Waals surface area contributed by atoms with Crippen molar-refractivity contribution in [2.75, 3.05) is 32.2 Å². The van der Waals surface area contributed by atoms with Gasteiger partial charge < -0.3 is 18.9 Å². The van der Waals surface area contributed by atoms with E-state index in [1.807, 2.05) is 20.8 Å². The van der Waals surface area contributed by atoms with Crippen molar-refractivity contribution in [3.8, 4) is 17.2 Å². The minimum Gasteiger partial charge on any atom is -0.494 e. The predicted octanol–water partition coefficient (Wildman–Crippen LogP) is 3.57. The van der Waals surface area contributed by atoms with Crippen LogP contribution in [0.2, 0.25) is 0 Å². The van der Waals surface area contributed by atoms with Crippen LogP contribution in [-0.2, 0) is 19.5 Å². The molecular formula is C26H36N6O6S. The maximum absolute atomic E-state index is 13.9. The molecule has 4 rings (SSSR count). The summed E-state index contributed by atoms with van der Waals surface area (Å²) in [5.74, 6) is 0.770. The molecule has 0 radical (unpaired) electrons. The molecule has 1 saturated heterocycles. The van der Waals surface area contributed by atoms with E-state index in [0.717, 1.165) is 18.5 Å². The number of benzene rings is 1. The third-order valence-corrected chi connectivity index (χ3v) is 8.39. The minimum atomic E-state index is -4.04. The molecule has 0 bridgehead atoms. The molecule has 13 heteroatoms. The van der Waals surface area contributed by atoms with Crippen LogP contribution in [0.5, 0.6) is 11.5 Å². The molecule has 2 aromatic heterocycles. The second kappa shape index (κ2) is 12.3. The minimum absolute atomic E-state index is 0.00586. The van der Waals surface area contributed by atoms with Gasteiger partial charge >= 0.3 is 0 Å². The van der Waals surface area contributed by atoms with E-state index < -0.39 is 21.2 Å². The number of ether oxygens (including phenoxy) is 4. The zero-order chi connectivity index (χ0) is 28.2. The maximum atomic E-state index is 13.9. The van der Waals surface area contributed by atoms with Crippen LogP contribution < -0.4 is 14.2 Å². The number of anilines is 1. The van der Waals surface area contributed by atoms with Crippen molar-refractivity contribution in [2.45, 2.75) is 63.9 Å². The Hall–Kier alpha value is -3.29. The van der Waals surface area contributed by atoms with Crippen molar-refractivity contribution in [1.82, 2.24) is 24.7 Å². The highest BCUT2D eigenvalue weighted by Gasteiger charge is 2.36. The van der Waals surface area contributed by atoms with E-state index in [2.05, 4.69) is 24.9 Å². The molecule has 3 aromatic rings. The highest BCUT2D eigenvalue weighted by molar-refractivity contribution is 7.93. The summed E-state index contributed by atoms with van der Waals surface area (Å²) in [4.78, 5) is 8.76. The largest absolute Gasteiger partial charge is 0.494 e. The molecule has 1 aliphatic heterocycles. The summed E-state index contributed by atoms with van der Waals surface area (Å²) in [6.45, 7) is 7.95. The van der Waals surface area contributed by atoms with E-state index in [9.17, 15) is 8.42 Å². The quantitative estimate of drug-likeness (QED) is 0.350. The lowest BCUT2D eigenvalue weighted by Crippen LogP contribution is -2.35. The van der Waals surface area contributed by atoms with Gasteiger partial charge in [-0.25, -0.2) is 8.42 Å². The summed E-state index contributed by atoms with van der Waals surface area (Å²) >= 11 is 0. The van der Waals surface area contributed by atoms with Crippen LogP contribution in [0, 0.1) is 6.92 Å². The van der Waals surface area contributed by atoms with Gasteiger partial charge in [0.25, 0.3) is 0 Å². The van der Waals surface area contributed by atoms with Gasteiger partial charge in [0.05, 0.1) is 43.6 Å². The number of hydrogen-bond acceptors (Lipinski definition) is 10. The number of hydrogen-bond donors (Lipinski definition) is 1. The zero-order valence-corrected chi connectivity index (χ0v) is 23.9. The second-order valence-corrected chi connectivity index (χ2v) is 11.7. The lowest BCUT2D eigenvalue weighted by atomic mass is 10.0. The highest BCUT2D eigenvalue weighted by Crippen LogP contribution is 2.39. The molecule has 212 valence electrons. The summed E-state index contributed by atoms with van der Waals surface area (Å²) in [7, 11) is -0.982. The fourth-order valence-corrected chi connectivity index (χ4v) is 5.64. The summed E-state index contributed by atoms with van der Waals surface area (Å²) in [5.41, 5.74) is 1.72. The van der Waals surface area contributed by atoms with E-state index in [0.29, 0.717) is 35.3 Å². The molecule has 3 heterocycles. The van der Waals surface area contributed by atoms with Crippen molar-refractivity contribution < 1.29 is 27.4 Å². The normalized spacial score (nSPS) is 17.3. The van der Waals surface area contributed by atoms with Gasteiger partial charge in [-0.15, -0.1) is 10.2 Å². The Morgan fingerprint density at radius 1 is 1.10 bits per heavy atom. The Balaban J connectivity index is 1.76. The Morgan fingerprint density at radius 3 is 2.38 bits per heavy atom. The molecule has 0 amide bonds. The highest BCUT2D eigenvalue weighted by atomic mass is 32.2. The molecule has 39 heavy (non-hydrogen) atoms. The van der Waals surface area contributed by atoms with Gasteiger partial charge in [0.1, 0.15) is 23.3 Å². The van der Waals surface area contributed by atoms with E-state index in [1.54, 1.807) is 42.1 Å². The van der Waals surface area contributed by atoms with Crippen molar-refractivity contribution in [3.05, 3.63) is 47.8 Å². The fourth-order valence-electron chi connectivity index (χ4n) is 4.41. The van der Waals surface area contributed by atoms with E-state index in [4.69, 9.17) is 18.9 Å². The summed E-state index contributed by atoms with van der Waals surface area (Å²) in [6, 6.07) is 5.30. The predicted molar refractivity (Wildman–Crippen MR) is 145 cm³/mol. The van der Waals surface area contributed by atoms with Gasteiger partial charge in [-0.1, -0.05) is 6.07 Å². The van der Waals surface area contributed by atoms with E-state index in [-0.39, 0.29) is 24.8 Å². The van der Waals surface area contributed by atoms with Crippen LogP contribution in [-0.4, -0.2) is 71.9 Å². The molecule has 1 N–H and O–H groups in total. The zero-order valence-electron chi connectivity index (χ0n) is 23.1. The number of rotatable bonds is 12. The molecular weight excluding hydrogens is 524 g/mol. The first kappa shape index (κ1) is 28.7. The fraction of sp³-hybridized carbons (Fsp3) is 0.538. The van der Waals surface area contributed by atoms with Crippen LogP contribution in [0.4, 0.5) is 5.95 Å². The van der Waals surface area contributed by atoms with Gasteiger partial charge in [-0.3, -0.25) is 19.3 Å². The van der Waals surface area contributed by atoms with Crippen molar-refractivity contribution in [3.63, 3.8) is 0 Å². The number of nitrogens with zero attached hydrogens (tertiary/aromatic N) is 5. The van der Waals surface area contributed by atoms with E-state index >= 15 is 0 Å². The molecule has 0 unspecified atom stereocenters. The molecule has 3 atom stereocenters. The Labute approximate surface area is 229 Å². The Kier molecular flexibility index (Phi) is 9.03. The first-order chi connectivity index (χ1) is 18.7. The van der Waals surface area contributed by atoms with Gasteiger partial charge in [0.15, 0.2) is 5.82 Å². The number of aromatic nitrogens is 5. The number of para-hydroxylation sites is 1. The lowest BCUT2D eigenvalue weighted by molar-refractivity contribution is 0.0663. The standard InChI is InChI=1S/C26H36N6O6S/c1-16(2)38-15-19(20-14-27-17(3)13-28-20)18(4)39(33,34)31-26-30-29-25(23-11-8-12-37-23)32(26)24-21(35-5)9-7-10-22(24)36-6/h7,9-10,13-14,16,18-19,23H,8,11-12,15H2,1-6H3,(H,30,31)/t18-,19+,23+/m1/s1. The van der Waals surface area contributed by atoms with Gasteiger partial charge in [0.2, 0.25) is 16.0 Å². The smallest absolute Gasteiger partial charge is 0.243 e. The Morgan fingerprint density at radius 2 is 1.82 bits per heavy atom. The topological polar surface area (TPSA) is 140 Å². The summed E-state index contributed by atoms with van der Waals surface area (Å²) < 4.78 is 54.9. The summed E-state index contributed by atoms with van der Waals surface area (Å²) in [6.07, 6.45) is 4.32. The van der Waals surface area contributed by atoms with Gasteiger partial charge in [-0.2, -0.15) is 0 Å². The molecule has 12 nitrogen and oxygen atoms in total. The van der Waals surface area contributed by atoms with Crippen molar-refractivity contribution in [2.24, 2.45) is 0 Å². The molecule has 1 fully saturated rings. The SMILES string of the molecule is COc1cccc(OC)c1-n1c(NS(=O)(=O)[C@H](C)[C@H](COC(C)C)c2cnc(C)cn2)nnc1[C@@H]1CCCO1. The lowest BCUT2D eigenvalue weighted by Gasteiger charge is -2.25. The van der Waals surface area contributed by atoms with Gasteiger partial charge in [0, 0.05) is 24.9 Å². The van der Waals surface area contributed by atoms with Crippen molar-refractivity contribution >= 4 is 16.0 Å². The number of aryl methyl sites for hydroxylation is 1. The van der Waals surface area contributed by atoms with Crippen LogP contribution in [0.1, 0.15) is 62.8 Å². The van der Waals surface area contributed by atoms with Crippen LogP contribution in [0.25, 0.3) is 5.69 Å². The second-order valence-electron chi connectivity index (χ2n) is 9.65. The number of methoxy groups -OCH3 is 2. The number of sulfonamides is 1. The summed E-state index contributed by atoms with van der Waals surface area (Å²) in [5, 5.41) is 7.64. The third-order valence-electron chi connectivity index (χ3n) is 6.61. The van der Waals surface area contributed by atoms with Crippen LogP contribution >= 0.6 is 0 Å². The molecule has 0 aliphatic carbocycles. The number of nitrogens with one attached hydrogen (secondary N) is 1. The first-order valence-corrected chi connectivity index (χ1v) is 14.4. The van der Waals surface area contributed by atoms with Crippen LogP contribution in [0.15, 0.2) is 30.6 Å². The monoisotopic (exact) mass is 560 g/mol. The molecule has 0 spiro atoms. The first-order valence-electron chi connectivity index (χ1n) is 12.9. The third kappa shape index (κ3) is 6.31. The Bertz CT molecular complexity index is 1330. The van der Waals surface area contributed by atoms with Gasteiger partial charge in [-0.05, 0) is 52.7 Å². The van der Waals surface area contributed by atoms with E-state index in [1.165, 1.54) is 14.2 Å². The maximum Gasteiger partial charge on any atom is 0.243 e. The van der Waals surface area contributed by atoms with Crippen molar-refractivity contribution in [1.29, 1.82) is 0 Å². The average molecular weight is 561 g/mol. The molecule has 1 aliphatic rings. The molecule has 0 saturated carbocycles. The molecule has 1 aromatic carbocycles. The van der Waals surface area contributed by atoms with Crippen LogP contribution in [0.3, 0.4) is 0 Å². The average Bonchev–Trinajstić information content (AvgIpc) is 3.59.